The van der Waals surface area contributed by atoms with Crippen LogP contribution >= 0.6 is 0 Å². The van der Waals surface area contributed by atoms with Crippen molar-refractivity contribution in [1.82, 2.24) is 5.32 Å². The van der Waals surface area contributed by atoms with Crippen LogP contribution in [0.5, 0.6) is 0 Å². The number of hydrogen-bond donors (Lipinski definition) is 1. The van der Waals surface area contributed by atoms with E-state index in [0.29, 0.717) is 5.91 Å². The monoisotopic (exact) mass is 576 g/mol. The summed E-state index contributed by atoms with van der Waals surface area (Å²) >= 11 is 0. The molecule has 0 spiro atoms. The Hall–Kier alpha value is -0.790. The molecule has 0 aliphatic heterocycles. The molecule has 1 unspecified atom stereocenters. The fourth-order valence-corrected chi connectivity index (χ4v) is 6.02. The summed E-state index contributed by atoms with van der Waals surface area (Å²) in [6.07, 6.45) is 46.4. The van der Waals surface area contributed by atoms with Gasteiger partial charge in [0.05, 0.1) is 0 Å². The molecular weight excluding hydrogens is 498 g/mol. The maximum absolute atomic E-state index is 12.7. The van der Waals surface area contributed by atoms with Crippen molar-refractivity contribution in [2.75, 3.05) is 6.54 Å². The van der Waals surface area contributed by atoms with E-state index in [4.69, 9.17) is 0 Å². The number of unbranched alkanes of at least 4 members (excludes halogenated alkanes) is 25. The summed E-state index contributed by atoms with van der Waals surface area (Å²) in [6.45, 7) is 7.56. The van der Waals surface area contributed by atoms with Crippen molar-refractivity contribution < 1.29 is 4.79 Å². The molecule has 0 aliphatic carbocycles. The Kier molecular flexibility index (Phi) is 34.7. The third kappa shape index (κ3) is 32.0. The van der Waals surface area contributed by atoms with Crippen LogP contribution in [0.2, 0.25) is 0 Å². The molecular formula is C39H77NO. The van der Waals surface area contributed by atoms with Gasteiger partial charge in [0.15, 0.2) is 0 Å². The molecule has 0 rings (SSSR count). The number of carbonyl (C=O) groups excluding carboxylic acids is 1. The first-order valence-corrected chi connectivity index (χ1v) is 19.2. The summed E-state index contributed by atoms with van der Waals surface area (Å²) in [7, 11) is 0. The zero-order chi connectivity index (χ0) is 29.9. The third-order valence-electron chi connectivity index (χ3n) is 8.89. The van der Waals surface area contributed by atoms with Gasteiger partial charge < -0.3 is 5.32 Å². The van der Waals surface area contributed by atoms with Gasteiger partial charge in [-0.25, -0.2) is 0 Å². The lowest BCUT2D eigenvalue weighted by Gasteiger charge is -2.16. The van der Waals surface area contributed by atoms with Crippen LogP contribution in [0.4, 0.5) is 0 Å². The van der Waals surface area contributed by atoms with Crippen LogP contribution in [-0.4, -0.2) is 12.5 Å². The Bertz CT molecular complexity index is 528. The molecule has 0 heterocycles. The highest BCUT2D eigenvalue weighted by atomic mass is 16.1. The van der Waals surface area contributed by atoms with Gasteiger partial charge in [0.2, 0.25) is 5.91 Å². The van der Waals surface area contributed by atoms with Crippen molar-refractivity contribution in [1.29, 1.82) is 0 Å². The summed E-state index contributed by atoms with van der Waals surface area (Å²) < 4.78 is 0. The predicted octanol–water partition coefficient (Wildman–Crippen LogP) is 13.4. The van der Waals surface area contributed by atoms with Crippen LogP contribution in [-0.2, 0) is 4.79 Å². The second kappa shape index (κ2) is 35.4. The number of rotatable bonds is 34. The molecule has 0 saturated heterocycles. The van der Waals surface area contributed by atoms with Gasteiger partial charge in [0.25, 0.3) is 0 Å². The smallest absolute Gasteiger partial charge is 0.223 e. The maximum Gasteiger partial charge on any atom is 0.223 e. The first-order valence-electron chi connectivity index (χ1n) is 19.2. The average molecular weight is 576 g/mol. The Balaban J connectivity index is 3.73. The Morgan fingerprint density at radius 2 is 0.756 bits per heavy atom. The van der Waals surface area contributed by atoms with Gasteiger partial charge in [-0.2, -0.15) is 0 Å². The molecule has 0 aromatic heterocycles. The Labute approximate surface area is 260 Å². The Morgan fingerprint density at radius 1 is 0.439 bits per heavy atom. The summed E-state index contributed by atoms with van der Waals surface area (Å²) in [4.78, 5) is 12.7. The van der Waals surface area contributed by atoms with Crippen LogP contribution in [0.25, 0.3) is 0 Å². The lowest BCUT2D eigenvalue weighted by Crippen LogP contribution is -2.31. The summed E-state index contributed by atoms with van der Waals surface area (Å²) in [6, 6.07) is 0. The van der Waals surface area contributed by atoms with E-state index in [-0.39, 0.29) is 5.92 Å². The van der Waals surface area contributed by atoms with Crippen LogP contribution in [0.1, 0.15) is 220 Å². The zero-order valence-electron chi connectivity index (χ0n) is 28.8. The topological polar surface area (TPSA) is 29.1 Å². The van der Waals surface area contributed by atoms with E-state index < -0.39 is 0 Å². The maximum atomic E-state index is 12.7. The molecule has 0 bridgehead atoms. The quantitative estimate of drug-likeness (QED) is 0.0600. The van der Waals surface area contributed by atoms with Crippen molar-refractivity contribution in [2.45, 2.75) is 220 Å². The van der Waals surface area contributed by atoms with E-state index in [1.807, 2.05) is 0 Å². The molecule has 244 valence electrons. The van der Waals surface area contributed by atoms with Gasteiger partial charge in [-0.1, -0.05) is 187 Å². The molecule has 0 aliphatic rings. The van der Waals surface area contributed by atoms with Gasteiger partial charge in [-0.05, 0) is 44.9 Å². The highest BCUT2D eigenvalue weighted by Gasteiger charge is 2.17. The largest absolute Gasteiger partial charge is 0.356 e. The molecule has 0 saturated carbocycles. The number of hydrogen-bond acceptors (Lipinski definition) is 1. The minimum Gasteiger partial charge on any atom is -0.356 e. The second-order valence-corrected chi connectivity index (χ2v) is 13.1. The predicted molar refractivity (Wildman–Crippen MR) is 186 cm³/mol. The standard InChI is InChI=1S/C39H77NO/c1-4-7-9-11-13-15-17-19-21-22-24-26-28-30-32-34-36-38(39(41)40-37-6-3)35-33-31-29-27-25-23-20-18-16-14-12-10-8-5-2/h19,21,38H,4-18,20,22-37H2,1-3H3,(H,40,41)/b21-19-. The van der Waals surface area contributed by atoms with Crippen molar-refractivity contribution in [3.63, 3.8) is 0 Å². The summed E-state index contributed by atoms with van der Waals surface area (Å²) in [5.41, 5.74) is 0. The van der Waals surface area contributed by atoms with Crippen LogP contribution in [0.3, 0.4) is 0 Å². The normalized spacial score (nSPS) is 12.4. The lowest BCUT2D eigenvalue weighted by atomic mass is 9.93. The first-order chi connectivity index (χ1) is 20.3. The first kappa shape index (κ1) is 40.2. The molecule has 2 nitrogen and oxygen atoms in total. The van der Waals surface area contributed by atoms with Crippen molar-refractivity contribution in [3.05, 3.63) is 12.2 Å². The van der Waals surface area contributed by atoms with Gasteiger partial charge in [-0.15, -0.1) is 0 Å². The summed E-state index contributed by atoms with van der Waals surface area (Å²) in [5, 5.41) is 3.19. The number of allylic oxidation sites excluding steroid dienone is 2. The van der Waals surface area contributed by atoms with E-state index >= 15 is 0 Å². The van der Waals surface area contributed by atoms with Crippen LogP contribution in [0, 0.1) is 5.92 Å². The van der Waals surface area contributed by atoms with E-state index in [1.165, 1.54) is 180 Å². The number of amides is 1. The average Bonchev–Trinajstić information content (AvgIpc) is 2.98. The molecule has 1 N–H and O–H groups in total. The van der Waals surface area contributed by atoms with E-state index in [0.717, 1.165) is 25.8 Å². The van der Waals surface area contributed by atoms with Crippen molar-refractivity contribution in [3.8, 4) is 0 Å². The van der Waals surface area contributed by atoms with Gasteiger partial charge >= 0.3 is 0 Å². The highest BCUT2D eigenvalue weighted by molar-refractivity contribution is 5.78. The lowest BCUT2D eigenvalue weighted by molar-refractivity contribution is -0.125. The van der Waals surface area contributed by atoms with Gasteiger partial charge in [-0.3, -0.25) is 4.79 Å². The molecule has 2 heteroatoms. The summed E-state index contributed by atoms with van der Waals surface area (Å²) in [5.74, 6) is 0.574. The number of nitrogens with one attached hydrogen (secondary N) is 1. The second-order valence-electron chi connectivity index (χ2n) is 13.1. The van der Waals surface area contributed by atoms with E-state index in [9.17, 15) is 4.79 Å². The SMILES string of the molecule is CCCCCCCC/C=C\CCCCCCCCC(CCCCCCCCCCCCCCCC)C(=O)NCCC. The number of carbonyl (C=O) groups is 1. The van der Waals surface area contributed by atoms with E-state index in [2.05, 4.69) is 38.2 Å². The molecule has 1 atom stereocenters. The molecule has 0 aromatic rings. The van der Waals surface area contributed by atoms with E-state index in [1.54, 1.807) is 0 Å². The molecule has 0 fully saturated rings. The van der Waals surface area contributed by atoms with Gasteiger partial charge in [0.1, 0.15) is 0 Å². The minimum absolute atomic E-state index is 0.246. The molecule has 0 aromatic carbocycles. The fourth-order valence-electron chi connectivity index (χ4n) is 6.02. The van der Waals surface area contributed by atoms with Crippen molar-refractivity contribution >= 4 is 5.91 Å². The third-order valence-corrected chi connectivity index (χ3v) is 8.89. The minimum atomic E-state index is 0.246. The molecule has 0 radical (unpaired) electrons. The van der Waals surface area contributed by atoms with Crippen LogP contribution in [0.15, 0.2) is 12.2 Å². The Morgan fingerprint density at radius 3 is 1.10 bits per heavy atom. The molecule has 1 amide bonds. The van der Waals surface area contributed by atoms with Gasteiger partial charge in [0, 0.05) is 12.5 Å². The fraction of sp³-hybridized carbons (Fsp3) is 0.923. The van der Waals surface area contributed by atoms with Crippen LogP contribution < -0.4 is 5.32 Å². The van der Waals surface area contributed by atoms with Crippen molar-refractivity contribution in [2.24, 2.45) is 5.92 Å². The highest BCUT2D eigenvalue weighted by Crippen LogP contribution is 2.20. The zero-order valence-corrected chi connectivity index (χ0v) is 28.8. The molecule has 41 heavy (non-hydrogen) atoms.